The Labute approximate surface area is 183 Å². The molecule has 4 amide bonds. The predicted molar refractivity (Wildman–Crippen MR) is 118 cm³/mol. The number of likely N-dealkylation sites (tertiary alicyclic amines) is 1. The lowest BCUT2D eigenvalue weighted by Crippen LogP contribution is -2.49. The van der Waals surface area contributed by atoms with Crippen molar-refractivity contribution in [1.29, 1.82) is 0 Å². The summed E-state index contributed by atoms with van der Waals surface area (Å²) in [7, 11) is 0. The number of hydrogen-bond acceptors (Lipinski definition) is 3. The molecule has 2 aromatic rings. The second-order valence-corrected chi connectivity index (χ2v) is 9.00. The molecular weight excluding hydrogens is 390 g/mol. The first kappa shape index (κ1) is 21.1. The van der Waals surface area contributed by atoms with Crippen molar-refractivity contribution in [2.45, 2.75) is 32.2 Å². The summed E-state index contributed by atoms with van der Waals surface area (Å²) in [5, 5.41) is 2.92. The zero-order valence-electron chi connectivity index (χ0n) is 18.1. The Morgan fingerprint density at radius 3 is 2.16 bits per heavy atom. The van der Waals surface area contributed by atoms with E-state index in [0.29, 0.717) is 36.9 Å². The molecule has 3 atom stereocenters. The molecule has 0 radical (unpaired) electrons. The van der Waals surface area contributed by atoms with Crippen LogP contribution >= 0.6 is 0 Å². The molecule has 0 bridgehead atoms. The molecule has 0 spiro atoms. The number of rotatable bonds is 5. The van der Waals surface area contributed by atoms with Crippen molar-refractivity contribution in [3.63, 3.8) is 0 Å². The van der Waals surface area contributed by atoms with Gasteiger partial charge in [0.15, 0.2) is 5.54 Å². The van der Waals surface area contributed by atoms with Gasteiger partial charge in [-0.1, -0.05) is 74.5 Å². The van der Waals surface area contributed by atoms with Crippen LogP contribution in [-0.4, -0.2) is 47.3 Å². The molecule has 1 N–H and O–H groups in total. The van der Waals surface area contributed by atoms with Crippen LogP contribution in [0, 0.1) is 11.8 Å². The van der Waals surface area contributed by atoms with Gasteiger partial charge in [0.1, 0.15) is 6.54 Å². The normalized spacial score (nSPS) is 26.1. The van der Waals surface area contributed by atoms with E-state index in [-0.39, 0.29) is 18.4 Å². The summed E-state index contributed by atoms with van der Waals surface area (Å²) in [5.74, 6) is 0.277. The maximum Gasteiger partial charge on any atom is 0.325 e. The van der Waals surface area contributed by atoms with Crippen molar-refractivity contribution in [3.8, 4) is 0 Å². The third kappa shape index (κ3) is 4.20. The minimum absolute atomic E-state index is 0.175. The predicted octanol–water partition coefficient (Wildman–Crippen LogP) is 3.18. The highest BCUT2D eigenvalue weighted by atomic mass is 16.2. The van der Waals surface area contributed by atoms with Crippen molar-refractivity contribution in [2.75, 3.05) is 19.6 Å². The van der Waals surface area contributed by atoms with E-state index >= 15 is 0 Å². The Morgan fingerprint density at radius 2 is 1.55 bits per heavy atom. The number of hydrogen-bond donors (Lipinski definition) is 1. The maximum absolute atomic E-state index is 13.7. The van der Waals surface area contributed by atoms with Crippen LogP contribution in [0.4, 0.5) is 4.79 Å². The van der Waals surface area contributed by atoms with Crippen LogP contribution in [0.5, 0.6) is 0 Å². The fraction of sp³-hybridized carbons (Fsp3) is 0.400. The molecular formula is C25H29N3O3. The number of nitrogens with one attached hydrogen (secondary N) is 1. The van der Waals surface area contributed by atoms with Gasteiger partial charge in [0.05, 0.1) is 0 Å². The number of nitrogens with zero attached hydrogens (tertiary/aromatic N) is 2. The van der Waals surface area contributed by atoms with E-state index in [4.69, 9.17) is 0 Å². The number of benzene rings is 2. The van der Waals surface area contributed by atoms with Crippen molar-refractivity contribution in [1.82, 2.24) is 15.1 Å². The fourth-order valence-electron chi connectivity index (χ4n) is 4.91. The van der Waals surface area contributed by atoms with Gasteiger partial charge < -0.3 is 10.2 Å². The van der Waals surface area contributed by atoms with E-state index in [2.05, 4.69) is 19.2 Å². The number of carbonyl (C=O) groups is 3. The van der Waals surface area contributed by atoms with Crippen LogP contribution in [0.25, 0.3) is 0 Å². The van der Waals surface area contributed by atoms with E-state index in [1.165, 1.54) is 0 Å². The highest BCUT2D eigenvalue weighted by Crippen LogP contribution is 2.33. The van der Waals surface area contributed by atoms with Gasteiger partial charge in [0, 0.05) is 19.5 Å². The topological polar surface area (TPSA) is 69.7 Å². The van der Waals surface area contributed by atoms with Crippen LogP contribution in [0.1, 0.15) is 31.4 Å². The fourth-order valence-corrected chi connectivity index (χ4v) is 4.91. The highest BCUT2D eigenvalue weighted by molar-refractivity contribution is 6.09. The van der Waals surface area contributed by atoms with E-state index in [1.54, 1.807) is 4.90 Å². The molecule has 2 saturated heterocycles. The van der Waals surface area contributed by atoms with Gasteiger partial charge in [-0.25, -0.2) is 4.79 Å². The number of carbonyl (C=O) groups excluding carboxylic acids is 3. The van der Waals surface area contributed by atoms with Crippen molar-refractivity contribution in [3.05, 3.63) is 71.8 Å². The van der Waals surface area contributed by atoms with E-state index in [9.17, 15) is 14.4 Å². The van der Waals surface area contributed by atoms with Crippen LogP contribution in [0.15, 0.2) is 60.7 Å². The Bertz CT molecular complexity index is 952. The number of piperidine rings is 1. The average molecular weight is 420 g/mol. The summed E-state index contributed by atoms with van der Waals surface area (Å²) < 4.78 is 0. The molecule has 0 aromatic heterocycles. The molecule has 2 aliphatic rings. The Morgan fingerprint density at radius 1 is 0.968 bits per heavy atom. The Balaban J connectivity index is 1.61. The van der Waals surface area contributed by atoms with E-state index in [1.807, 2.05) is 60.7 Å². The summed E-state index contributed by atoms with van der Waals surface area (Å²) in [5.41, 5.74) is 0.432. The summed E-state index contributed by atoms with van der Waals surface area (Å²) in [6.07, 6.45) is 1.41. The van der Waals surface area contributed by atoms with Crippen LogP contribution in [-0.2, 0) is 21.5 Å². The van der Waals surface area contributed by atoms with Gasteiger partial charge in [-0.3, -0.25) is 14.5 Å². The molecule has 6 nitrogen and oxygen atoms in total. The molecule has 2 aliphatic heterocycles. The zero-order valence-corrected chi connectivity index (χ0v) is 18.1. The second-order valence-electron chi connectivity index (χ2n) is 9.00. The van der Waals surface area contributed by atoms with Crippen LogP contribution in [0.2, 0.25) is 0 Å². The minimum Gasteiger partial charge on any atom is -0.341 e. The quantitative estimate of drug-likeness (QED) is 0.757. The first-order valence-electron chi connectivity index (χ1n) is 10.9. The third-order valence-electron chi connectivity index (χ3n) is 6.27. The van der Waals surface area contributed by atoms with Crippen molar-refractivity contribution in [2.24, 2.45) is 11.8 Å². The molecule has 2 fully saturated rings. The lowest BCUT2D eigenvalue weighted by molar-refractivity contribution is -0.140. The lowest BCUT2D eigenvalue weighted by Gasteiger charge is -2.35. The minimum atomic E-state index is -1.22. The van der Waals surface area contributed by atoms with E-state index < -0.39 is 11.6 Å². The highest BCUT2D eigenvalue weighted by Gasteiger charge is 2.53. The van der Waals surface area contributed by atoms with Crippen LogP contribution < -0.4 is 5.32 Å². The molecule has 2 aromatic carbocycles. The summed E-state index contributed by atoms with van der Waals surface area (Å²) >= 11 is 0. The first-order chi connectivity index (χ1) is 14.9. The molecule has 4 rings (SSSR count). The number of amides is 4. The summed E-state index contributed by atoms with van der Waals surface area (Å²) in [4.78, 5) is 42.5. The Hall–Kier alpha value is -3.15. The average Bonchev–Trinajstić information content (AvgIpc) is 2.99. The molecule has 6 heteroatoms. The van der Waals surface area contributed by atoms with Gasteiger partial charge >= 0.3 is 6.03 Å². The van der Waals surface area contributed by atoms with Gasteiger partial charge in [-0.15, -0.1) is 0 Å². The van der Waals surface area contributed by atoms with Crippen molar-refractivity contribution < 1.29 is 14.4 Å². The summed E-state index contributed by atoms with van der Waals surface area (Å²) in [6, 6.07) is 18.4. The number of imide groups is 1. The molecule has 2 heterocycles. The van der Waals surface area contributed by atoms with Gasteiger partial charge in [-0.2, -0.15) is 0 Å². The lowest BCUT2D eigenvalue weighted by atomic mass is 9.83. The SMILES string of the molecule is C[C@@H]1C[C@H](C)CN(C(=O)CN2C(=O)N[C@](Cc3ccccc3)(c3ccccc3)C2=O)C1. The maximum atomic E-state index is 13.7. The van der Waals surface area contributed by atoms with Crippen molar-refractivity contribution >= 4 is 17.8 Å². The second kappa shape index (κ2) is 8.53. The Kier molecular flexibility index (Phi) is 5.81. The van der Waals surface area contributed by atoms with E-state index in [0.717, 1.165) is 16.9 Å². The molecule has 0 aliphatic carbocycles. The molecule has 0 saturated carbocycles. The standard InChI is InChI=1S/C25H29N3O3/c1-18-13-19(2)16-27(15-18)22(29)17-28-23(30)25(26-24(28)31,21-11-7-4-8-12-21)14-20-9-5-3-6-10-20/h3-12,18-19H,13-17H2,1-2H3,(H,26,31)/t18-,19+,25-/m1/s1. The smallest absolute Gasteiger partial charge is 0.325 e. The van der Waals surface area contributed by atoms with Gasteiger partial charge in [-0.05, 0) is 29.4 Å². The summed E-state index contributed by atoms with van der Waals surface area (Å²) in [6.45, 7) is 5.36. The molecule has 31 heavy (non-hydrogen) atoms. The molecule has 0 unspecified atom stereocenters. The number of urea groups is 1. The van der Waals surface area contributed by atoms with Crippen LogP contribution in [0.3, 0.4) is 0 Å². The largest absolute Gasteiger partial charge is 0.341 e. The third-order valence-corrected chi connectivity index (χ3v) is 6.27. The first-order valence-corrected chi connectivity index (χ1v) is 10.9. The monoisotopic (exact) mass is 419 g/mol. The zero-order chi connectivity index (χ0) is 22.0. The van der Waals surface area contributed by atoms with Gasteiger partial charge in [0.25, 0.3) is 5.91 Å². The molecule has 162 valence electrons. The van der Waals surface area contributed by atoms with Gasteiger partial charge in [0.2, 0.25) is 5.91 Å².